The van der Waals surface area contributed by atoms with Crippen LogP contribution in [0.25, 0.3) is 0 Å². The van der Waals surface area contributed by atoms with Gasteiger partial charge in [-0.2, -0.15) is 15.0 Å². The minimum atomic E-state index is -0.0705. The van der Waals surface area contributed by atoms with Crippen molar-refractivity contribution in [2.24, 2.45) is 0 Å². The third-order valence-electron chi connectivity index (χ3n) is 8.62. The number of aromatic hydroxyl groups is 3. The summed E-state index contributed by atoms with van der Waals surface area (Å²) in [6, 6.07) is 14.5. The van der Waals surface area contributed by atoms with Crippen LogP contribution in [0.5, 0.6) is 34.5 Å². The molecule has 0 aliphatic rings. The zero-order chi connectivity index (χ0) is 41.7. The summed E-state index contributed by atoms with van der Waals surface area (Å²) in [6.45, 7) is 10.2. The molecule has 3 aromatic carbocycles. The first-order valence-electron chi connectivity index (χ1n) is 19.4. The quantitative estimate of drug-likeness (QED) is 0.0571. The number of rotatable bonds is 28. The summed E-state index contributed by atoms with van der Waals surface area (Å²) in [5, 5.41) is 33.9. The van der Waals surface area contributed by atoms with Gasteiger partial charge in [0.05, 0.1) is 84.6 Å². The SMILES string of the molecule is CCCOCCN(c1nc(N(CCOCCOCC)c2cc(OC)ccc2O)nc(N(CCOCCOCC)c2cc(OC)ccc2O)n1)c1cc(OC)ccc1O. The van der Waals surface area contributed by atoms with E-state index in [1.807, 2.05) is 20.8 Å². The Kier molecular flexibility index (Phi) is 19.1. The minimum absolute atomic E-state index is 0.0604. The van der Waals surface area contributed by atoms with Crippen molar-refractivity contribution in [2.45, 2.75) is 27.2 Å². The van der Waals surface area contributed by atoms with E-state index in [1.54, 1.807) is 51.1 Å². The molecule has 1 aromatic heterocycles. The van der Waals surface area contributed by atoms with E-state index in [2.05, 4.69) is 0 Å². The molecule has 0 aliphatic heterocycles. The van der Waals surface area contributed by atoms with Gasteiger partial charge >= 0.3 is 0 Å². The van der Waals surface area contributed by atoms with Gasteiger partial charge in [-0.3, -0.25) is 0 Å². The van der Waals surface area contributed by atoms with Crippen LogP contribution in [0.4, 0.5) is 34.9 Å². The molecule has 17 nitrogen and oxygen atoms in total. The van der Waals surface area contributed by atoms with Crippen LogP contribution in [0.3, 0.4) is 0 Å². The van der Waals surface area contributed by atoms with Crippen molar-refractivity contribution in [1.29, 1.82) is 0 Å². The molecular weight excluding hydrogens is 752 g/mol. The Balaban J connectivity index is 1.98. The highest BCUT2D eigenvalue weighted by molar-refractivity contribution is 5.73. The van der Waals surface area contributed by atoms with Crippen LogP contribution < -0.4 is 28.9 Å². The van der Waals surface area contributed by atoms with Crippen LogP contribution in [-0.2, 0) is 23.7 Å². The van der Waals surface area contributed by atoms with Crippen LogP contribution >= 0.6 is 0 Å². The number of nitrogens with zero attached hydrogens (tertiary/aromatic N) is 6. The topological polar surface area (TPSA) is 183 Å². The van der Waals surface area contributed by atoms with Gasteiger partial charge in [-0.05, 0) is 56.7 Å². The number of anilines is 6. The summed E-state index contributed by atoms with van der Waals surface area (Å²) >= 11 is 0. The van der Waals surface area contributed by atoms with E-state index < -0.39 is 0 Å². The molecule has 0 saturated carbocycles. The van der Waals surface area contributed by atoms with E-state index in [-0.39, 0.29) is 74.5 Å². The molecule has 0 atom stereocenters. The summed E-state index contributed by atoms with van der Waals surface area (Å²) in [7, 11) is 4.60. The average molecular weight is 811 g/mol. The third kappa shape index (κ3) is 13.1. The summed E-state index contributed by atoms with van der Waals surface area (Å²) < 4.78 is 45.4. The number of hydrogen-bond donors (Lipinski definition) is 3. The molecule has 0 spiro atoms. The van der Waals surface area contributed by atoms with Crippen molar-refractivity contribution < 1.29 is 53.2 Å². The maximum atomic E-state index is 11.3. The number of phenols is 3. The maximum absolute atomic E-state index is 11.3. The van der Waals surface area contributed by atoms with E-state index in [9.17, 15) is 15.3 Å². The molecule has 0 radical (unpaired) electrons. The van der Waals surface area contributed by atoms with Gasteiger partial charge in [0, 0.05) is 57.7 Å². The zero-order valence-electron chi connectivity index (χ0n) is 34.4. The summed E-state index contributed by atoms with van der Waals surface area (Å²) in [5.74, 6) is 1.55. The lowest BCUT2D eigenvalue weighted by Gasteiger charge is -2.30. The maximum Gasteiger partial charge on any atom is 0.236 e. The number of phenolic OH excluding ortho intramolecular Hbond substituents is 3. The first-order chi connectivity index (χ1) is 28.3. The first kappa shape index (κ1) is 45.4. The van der Waals surface area contributed by atoms with Crippen molar-refractivity contribution >= 4 is 34.9 Å². The Morgan fingerprint density at radius 1 is 0.431 bits per heavy atom. The van der Waals surface area contributed by atoms with E-state index in [0.717, 1.165) is 6.42 Å². The Bertz CT molecular complexity index is 1730. The fourth-order valence-corrected chi connectivity index (χ4v) is 5.67. The highest BCUT2D eigenvalue weighted by Gasteiger charge is 2.27. The Hall–Kier alpha value is -5.33. The predicted molar refractivity (Wildman–Crippen MR) is 221 cm³/mol. The van der Waals surface area contributed by atoms with Gasteiger partial charge in [0.15, 0.2) is 0 Å². The molecule has 4 rings (SSSR count). The number of aromatic nitrogens is 3. The number of hydrogen-bond acceptors (Lipinski definition) is 17. The van der Waals surface area contributed by atoms with Gasteiger partial charge in [0.1, 0.15) is 34.5 Å². The fourth-order valence-electron chi connectivity index (χ4n) is 5.67. The number of ether oxygens (including phenoxy) is 8. The molecule has 0 unspecified atom stereocenters. The Labute approximate surface area is 340 Å². The fraction of sp³-hybridized carbons (Fsp3) is 0.488. The van der Waals surface area contributed by atoms with Crippen LogP contribution in [-0.4, -0.2) is 137 Å². The predicted octanol–water partition coefficient (Wildman–Crippen LogP) is 5.96. The molecule has 17 heteroatoms. The van der Waals surface area contributed by atoms with Crippen molar-refractivity contribution in [1.82, 2.24) is 15.0 Å². The lowest BCUT2D eigenvalue weighted by atomic mass is 10.2. The molecule has 0 aliphatic carbocycles. The second-order valence-corrected chi connectivity index (χ2v) is 12.5. The van der Waals surface area contributed by atoms with Crippen LogP contribution in [0.1, 0.15) is 27.2 Å². The smallest absolute Gasteiger partial charge is 0.236 e. The van der Waals surface area contributed by atoms with E-state index in [0.29, 0.717) is 80.6 Å². The average Bonchev–Trinajstić information content (AvgIpc) is 3.24. The van der Waals surface area contributed by atoms with Crippen molar-refractivity contribution in [2.75, 3.05) is 122 Å². The zero-order valence-corrected chi connectivity index (χ0v) is 34.4. The number of benzene rings is 3. The molecule has 3 N–H and O–H groups in total. The second kappa shape index (κ2) is 24.4. The standard InChI is InChI=1S/C41H58N6O11/c1-7-19-56-20-16-45(33-27-30(51-4)10-13-36(33)48)39-42-40(46(17-21-57-25-23-54-8-2)34-28-31(52-5)11-14-37(34)49)44-41(43-39)47(18-22-58-26-24-55-9-3)35-29-32(53-6)12-15-38(35)50/h10-15,27-29,48-50H,7-9,16-26H2,1-6H3. The molecule has 0 bridgehead atoms. The van der Waals surface area contributed by atoms with Gasteiger partial charge in [-0.15, -0.1) is 0 Å². The molecule has 318 valence electrons. The van der Waals surface area contributed by atoms with Crippen LogP contribution in [0.15, 0.2) is 54.6 Å². The minimum Gasteiger partial charge on any atom is -0.506 e. The lowest BCUT2D eigenvalue weighted by Crippen LogP contribution is -2.31. The molecule has 1 heterocycles. The summed E-state index contributed by atoms with van der Waals surface area (Å²) in [5.41, 5.74) is 0.994. The normalized spacial score (nSPS) is 11.1. The van der Waals surface area contributed by atoms with Crippen molar-refractivity contribution in [3.63, 3.8) is 0 Å². The Morgan fingerprint density at radius 2 is 0.741 bits per heavy atom. The van der Waals surface area contributed by atoms with E-state index >= 15 is 0 Å². The van der Waals surface area contributed by atoms with Crippen molar-refractivity contribution in [3.05, 3.63) is 54.6 Å². The molecule has 4 aromatic rings. The van der Waals surface area contributed by atoms with Gasteiger partial charge in [-0.1, -0.05) is 6.92 Å². The molecule has 0 amide bonds. The third-order valence-corrected chi connectivity index (χ3v) is 8.62. The molecule has 0 saturated heterocycles. The second-order valence-electron chi connectivity index (χ2n) is 12.5. The molecule has 0 fully saturated rings. The molecular formula is C41H58N6O11. The highest BCUT2D eigenvalue weighted by atomic mass is 16.5. The summed E-state index contributed by atoms with van der Waals surface area (Å²) in [6.07, 6.45) is 0.807. The largest absolute Gasteiger partial charge is 0.506 e. The van der Waals surface area contributed by atoms with E-state index in [4.69, 9.17) is 52.8 Å². The highest BCUT2D eigenvalue weighted by Crippen LogP contribution is 2.40. The monoisotopic (exact) mass is 810 g/mol. The summed E-state index contributed by atoms with van der Waals surface area (Å²) in [4.78, 5) is 20.1. The van der Waals surface area contributed by atoms with E-state index in [1.165, 1.54) is 39.5 Å². The first-order valence-corrected chi connectivity index (χ1v) is 19.4. The van der Waals surface area contributed by atoms with Crippen LogP contribution in [0, 0.1) is 0 Å². The van der Waals surface area contributed by atoms with Gasteiger partial charge in [0.2, 0.25) is 17.8 Å². The molecule has 58 heavy (non-hydrogen) atoms. The van der Waals surface area contributed by atoms with Gasteiger partial charge in [0.25, 0.3) is 0 Å². The Morgan fingerprint density at radius 3 is 1.03 bits per heavy atom. The van der Waals surface area contributed by atoms with Gasteiger partial charge in [-0.25, -0.2) is 0 Å². The van der Waals surface area contributed by atoms with Crippen LogP contribution in [0.2, 0.25) is 0 Å². The lowest BCUT2D eigenvalue weighted by molar-refractivity contribution is 0.0559. The van der Waals surface area contributed by atoms with Crippen molar-refractivity contribution in [3.8, 4) is 34.5 Å². The number of methoxy groups -OCH3 is 3. The van der Waals surface area contributed by atoms with Gasteiger partial charge < -0.3 is 67.9 Å².